The van der Waals surface area contributed by atoms with E-state index in [2.05, 4.69) is 10.2 Å². The second kappa shape index (κ2) is 7.85. The van der Waals surface area contributed by atoms with Crippen molar-refractivity contribution in [1.29, 1.82) is 0 Å². The first-order chi connectivity index (χ1) is 9.89. The molecule has 0 radical (unpaired) electrons. The van der Waals surface area contributed by atoms with E-state index in [1.807, 2.05) is 0 Å². The maximum atomic E-state index is 12.8. The molecule has 1 atom stereocenters. The average Bonchev–Trinajstić information content (AvgIpc) is 2.81. The van der Waals surface area contributed by atoms with Crippen LogP contribution in [-0.2, 0) is 26.0 Å². The standard InChI is InChI=1S/C12H24N4O4S/c1-9(8-20-4)16(5-6-19-3)21(17,18)12-11(7-13)10(2)14-15-12/h9H,5-8,13H2,1-4H3,(H,14,15). The third-order valence-corrected chi connectivity index (χ3v) is 5.19. The van der Waals surface area contributed by atoms with Crippen LogP contribution in [0, 0.1) is 6.92 Å². The molecular weight excluding hydrogens is 296 g/mol. The average molecular weight is 320 g/mol. The molecule has 1 aromatic heterocycles. The summed E-state index contributed by atoms with van der Waals surface area (Å²) < 4.78 is 37.0. The molecule has 0 saturated carbocycles. The molecule has 0 bridgehead atoms. The van der Waals surface area contributed by atoms with E-state index in [-0.39, 0.29) is 37.4 Å². The number of nitrogens with two attached hydrogens (primary N) is 1. The van der Waals surface area contributed by atoms with Crippen molar-refractivity contribution in [3.63, 3.8) is 0 Å². The van der Waals surface area contributed by atoms with Crippen LogP contribution >= 0.6 is 0 Å². The normalized spacial score (nSPS) is 13.8. The number of ether oxygens (including phenoxy) is 2. The monoisotopic (exact) mass is 320 g/mol. The largest absolute Gasteiger partial charge is 0.383 e. The molecule has 0 saturated heterocycles. The van der Waals surface area contributed by atoms with Crippen LogP contribution in [-0.4, -0.2) is 62.9 Å². The lowest BCUT2D eigenvalue weighted by Crippen LogP contribution is -2.43. The Balaban J connectivity index is 3.19. The van der Waals surface area contributed by atoms with Gasteiger partial charge >= 0.3 is 0 Å². The van der Waals surface area contributed by atoms with Crippen molar-refractivity contribution in [2.45, 2.75) is 31.5 Å². The van der Waals surface area contributed by atoms with E-state index in [0.29, 0.717) is 11.3 Å². The van der Waals surface area contributed by atoms with Gasteiger partial charge in [0.15, 0.2) is 5.03 Å². The second-order valence-corrected chi connectivity index (χ2v) is 6.56. The van der Waals surface area contributed by atoms with E-state index in [1.165, 1.54) is 18.5 Å². The van der Waals surface area contributed by atoms with Crippen LogP contribution < -0.4 is 5.73 Å². The van der Waals surface area contributed by atoms with Crippen molar-refractivity contribution in [2.75, 3.05) is 34.0 Å². The Morgan fingerprint density at radius 1 is 1.38 bits per heavy atom. The molecule has 21 heavy (non-hydrogen) atoms. The van der Waals surface area contributed by atoms with Crippen molar-refractivity contribution in [2.24, 2.45) is 5.73 Å². The number of hydrogen-bond acceptors (Lipinski definition) is 6. The van der Waals surface area contributed by atoms with Crippen molar-refractivity contribution in [1.82, 2.24) is 14.5 Å². The molecule has 8 nitrogen and oxygen atoms in total. The molecule has 3 N–H and O–H groups in total. The quantitative estimate of drug-likeness (QED) is 0.654. The van der Waals surface area contributed by atoms with Gasteiger partial charge in [0.2, 0.25) is 0 Å². The smallest absolute Gasteiger partial charge is 0.263 e. The topological polar surface area (TPSA) is 111 Å². The lowest BCUT2D eigenvalue weighted by molar-refractivity contribution is 0.118. The number of nitrogens with zero attached hydrogens (tertiary/aromatic N) is 2. The Morgan fingerprint density at radius 3 is 2.57 bits per heavy atom. The van der Waals surface area contributed by atoms with Gasteiger partial charge < -0.3 is 15.2 Å². The predicted molar refractivity (Wildman–Crippen MR) is 78.3 cm³/mol. The summed E-state index contributed by atoms with van der Waals surface area (Å²) in [5.41, 5.74) is 6.79. The van der Waals surface area contributed by atoms with Crippen LogP contribution in [0.15, 0.2) is 5.03 Å². The highest BCUT2D eigenvalue weighted by Gasteiger charge is 2.33. The molecule has 0 amide bonds. The SMILES string of the molecule is COCCN(C(C)COC)S(=O)(=O)c1n[nH]c(C)c1CN. The molecule has 1 aromatic rings. The lowest BCUT2D eigenvalue weighted by Gasteiger charge is -2.27. The summed E-state index contributed by atoms with van der Waals surface area (Å²) in [7, 11) is -0.713. The van der Waals surface area contributed by atoms with Gasteiger partial charge in [0.1, 0.15) is 0 Å². The maximum absolute atomic E-state index is 12.8. The number of aryl methyl sites for hydroxylation is 1. The first-order valence-electron chi connectivity index (χ1n) is 6.63. The molecule has 0 fully saturated rings. The Morgan fingerprint density at radius 2 is 2.05 bits per heavy atom. The van der Waals surface area contributed by atoms with E-state index in [0.717, 1.165) is 0 Å². The van der Waals surface area contributed by atoms with Crippen molar-refractivity contribution >= 4 is 10.0 Å². The number of aromatic nitrogens is 2. The maximum Gasteiger partial charge on any atom is 0.263 e. The summed E-state index contributed by atoms with van der Waals surface area (Å²) >= 11 is 0. The Bertz CT molecular complexity index is 543. The van der Waals surface area contributed by atoms with Gasteiger partial charge in [-0.2, -0.15) is 9.40 Å². The number of aromatic amines is 1. The second-order valence-electron chi connectivity index (χ2n) is 4.75. The minimum Gasteiger partial charge on any atom is -0.383 e. The zero-order valence-corrected chi connectivity index (χ0v) is 13.7. The fraction of sp³-hybridized carbons (Fsp3) is 0.750. The molecule has 1 unspecified atom stereocenters. The summed E-state index contributed by atoms with van der Waals surface area (Å²) in [6, 6.07) is -0.335. The van der Waals surface area contributed by atoms with Crippen LogP contribution in [0.5, 0.6) is 0 Å². The van der Waals surface area contributed by atoms with Gasteiger partial charge in [0.05, 0.1) is 13.2 Å². The molecule has 1 rings (SSSR count). The number of H-pyrrole nitrogens is 1. The van der Waals surface area contributed by atoms with Gasteiger partial charge in [0.25, 0.3) is 10.0 Å². The summed E-state index contributed by atoms with van der Waals surface area (Å²) in [5, 5.41) is 6.56. The van der Waals surface area contributed by atoms with Crippen LogP contribution in [0.4, 0.5) is 0 Å². The van der Waals surface area contributed by atoms with Gasteiger partial charge in [0, 0.05) is 44.6 Å². The number of sulfonamides is 1. The lowest BCUT2D eigenvalue weighted by atomic mass is 10.3. The zero-order valence-electron chi connectivity index (χ0n) is 12.9. The molecule has 0 aliphatic heterocycles. The minimum absolute atomic E-state index is 0.0263. The van der Waals surface area contributed by atoms with Gasteiger partial charge in [-0.1, -0.05) is 0 Å². The first-order valence-corrected chi connectivity index (χ1v) is 8.07. The summed E-state index contributed by atoms with van der Waals surface area (Å²) in [4.78, 5) is 0. The number of rotatable bonds is 9. The van der Waals surface area contributed by atoms with E-state index in [9.17, 15) is 8.42 Å². The fourth-order valence-electron chi connectivity index (χ4n) is 2.08. The van der Waals surface area contributed by atoms with Crippen molar-refractivity contribution < 1.29 is 17.9 Å². The predicted octanol–water partition coefficient (Wildman–Crippen LogP) is -0.151. The Kier molecular flexibility index (Phi) is 6.75. The third kappa shape index (κ3) is 4.01. The van der Waals surface area contributed by atoms with Gasteiger partial charge in [-0.15, -0.1) is 0 Å². The van der Waals surface area contributed by atoms with Crippen LogP contribution in [0.25, 0.3) is 0 Å². The molecule has 0 aliphatic carbocycles. The summed E-state index contributed by atoms with van der Waals surface area (Å²) in [6.45, 7) is 4.41. The number of hydrogen-bond donors (Lipinski definition) is 2. The highest BCUT2D eigenvalue weighted by atomic mass is 32.2. The van der Waals surface area contributed by atoms with Gasteiger partial charge in [-0.25, -0.2) is 8.42 Å². The number of methoxy groups -OCH3 is 2. The van der Waals surface area contributed by atoms with Gasteiger partial charge in [-0.05, 0) is 13.8 Å². The summed E-state index contributed by atoms with van der Waals surface area (Å²) in [6.07, 6.45) is 0. The third-order valence-electron chi connectivity index (χ3n) is 3.21. The van der Waals surface area contributed by atoms with Crippen LogP contribution in [0.1, 0.15) is 18.2 Å². The highest BCUT2D eigenvalue weighted by Crippen LogP contribution is 2.21. The molecule has 0 aliphatic rings. The van der Waals surface area contributed by atoms with Crippen molar-refractivity contribution in [3.05, 3.63) is 11.3 Å². The van der Waals surface area contributed by atoms with Crippen molar-refractivity contribution in [3.8, 4) is 0 Å². The molecule has 0 aromatic carbocycles. The molecule has 0 spiro atoms. The first kappa shape index (κ1) is 18.1. The molecule has 9 heteroatoms. The fourth-order valence-corrected chi connectivity index (χ4v) is 3.86. The zero-order chi connectivity index (χ0) is 16.0. The van der Waals surface area contributed by atoms with Gasteiger partial charge in [-0.3, -0.25) is 5.10 Å². The van der Waals surface area contributed by atoms with Crippen LogP contribution in [0.2, 0.25) is 0 Å². The molecular formula is C12H24N4O4S. The Hall–Kier alpha value is -1.00. The molecule has 1 heterocycles. The highest BCUT2D eigenvalue weighted by molar-refractivity contribution is 7.89. The number of nitrogens with one attached hydrogen (secondary N) is 1. The molecule has 122 valence electrons. The van der Waals surface area contributed by atoms with E-state index in [1.54, 1.807) is 13.8 Å². The van der Waals surface area contributed by atoms with E-state index < -0.39 is 10.0 Å². The Labute approximate surface area is 125 Å². The van der Waals surface area contributed by atoms with E-state index in [4.69, 9.17) is 15.2 Å². The van der Waals surface area contributed by atoms with Crippen LogP contribution in [0.3, 0.4) is 0 Å². The van der Waals surface area contributed by atoms with E-state index >= 15 is 0 Å². The summed E-state index contributed by atoms with van der Waals surface area (Å²) in [5.74, 6) is 0. The minimum atomic E-state index is -3.77.